The minimum atomic E-state index is -0.757. The maximum atomic E-state index is 12.6. The molecule has 374 valence electrons. The molecule has 0 bridgehead atoms. The molecule has 0 fully saturated rings. The van der Waals surface area contributed by atoms with Crippen LogP contribution in [0.15, 0.2) is 0 Å². The molecule has 0 saturated carbocycles. The van der Waals surface area contributed by atoms with Gasteiger partial charge in [0.05, 0.1) is 0 Å². The smallest absolute Gasteiger partial charge is 0.306 e. The van der Waals surface area contributed by atoms with Crippen LogP contribution in [-0.2, 0) is 28.6 Å². The first-order valence-electron chi connectivity index (χ1n) is 28.5. The van der Waals surface area contributed by atoms with E-state index in [1.54, 1.807) is 0 Å². The third kappa shape index (κ3) is 51.3. The standard InChI is InChI=1S/C57H110O6/c1-4-7-10-13-16-18-19-20-21-22-23-24-25-26-27-28-29-30-31-32-33-34-35-36-37-38-39-40-42-44-47-50-56(59)62-53-54(52-61-55(58)49-46-43-15-12-9-6-3)63-57(60)51-48-45-41-17-14-11-8-5-2/h54H,4-53H2,1-3H3. The van der Waals surface area contributed by atoms with Crippen molar-refractivity contribution in [3.8, 4) is 0 Å². The molecule has 1 unspecified atom stereocenters. The Bertz CT molecular complexity index is 936. The predicted molar refractivity (Wildman–Crippen MR) is 270 cm³/mol. The van der Waals surface area contributed by atoms with Gasteiger partial charge in [-0.2, -0.15) is 0 Å². The normalized spacial score (nSPS) is 11.9. The molecule has 6 heteroatoms. The Labute approximate surface area is 393 Å². The molecule has 0 radical (unpaired) electrons. The lowest BCUT2D eigenvalue weighted by atomic mass is 10.0. The fraction of sp³-hybridized carbons (Fsp3) is 0.947. The van der Waals surface area contributed by atoms with Crippen LogP contribution in [0, 0.1) is 0 Å². The number of rotatable bonds is 53. The molecule has 0 N–H and O–H groups in total. The molecule has 0 aromatic heterocycles. The molecule has 63 heavy (non-hydrogen) atoms. The lowest BCUT2D eigenvalue weighted by Gasteiger charge is -2.18. The van der Waals surface area contributed by atoms with Gasteiger partial charge >= 0.3 is 17.9 Å². The summed E-state index contributed by atoms with van der Waals surface area (Å²) >= 11 is 0. The summed E-state index contributed by atoms with van der Waals surface area (Å²) in [6.07, 6.45) is 58.9. The lowest BCUT2D eigenvalue weighted by molar-refractivity contribution is -0.167. The molecule has 0 aromatic rings. The highest BCUT2D eigenvalue weighted by Crippen LogP contribution is 2.18. The quantitative estimate of drug-likeness (QED) is 0.0344. The van der Waals surface area contributed by atoms with Gasteiger partial charge in [0.1, 0.15) is 13.2 Å². The van der Waals surface area contributed by atoms with E-state index in [4.69, 9.17) is 14.2 Å². The molecule has 0 aliphatic rings. The van der Waals surface area contributed by atoms with Crippen molar-refractivity contribution >= 4 is 17.9 Å². The van der Waals surface area contributed by atoms with Crippen molar-refractivity contribution in [1.82, 2.24) is 0 Å². The SMILES string of the molecule is CCCCCCCCCCCCCCCCCCCCCCCCCCCCCCCCCC(=O)OCC(COC(=O)CCCCCCCC)OC(=O)CCCCCCCCCC. The van der Waals surface area contributed by atoms with E-state index in [2.05, 4.69) is 20.8 Å². The van der Waals surface area contributed by atoms with E-state index >= 15 is 0 Å². The zero-order valence-electron chi connectivity index (χ0n) is 42.9. The molecule has 0 amide bonds. The molecule has 0 spiro atoms. The van der Waals surface area contributed by atoms with Gasteiger partial charge in [0, 0.05) is 19.3 Å². The minimum Gasteiger partial charge on any atom is -0.462 e. The highest BCUT2D eigenvalue weighted by molar-refractivity contribution is 5.71. The molecule has 0 aliphatic heterocycles. The zero-order valence-corrected chi connectivity index (χ0v) is 42.9. The first kappa shape index (κ1) is 61.4. The third-order valence-corrected chi connectivity index (χ3v) is 13.1. The van der Waals surface area contributed by atoms with Gasteiger partial charge in [-0.3, -0.25) is 14.4 Å². The summed E-state index contributed by atoms with van der Waals surface area (Å²) in [5.74, 6) is -0.861. The maximum Gasteiger partial charge on any atom is 0.306 e. The largest absolute Gasteiger partial charge is 0.462 e. The topological polar surface area (TPSA) is 78.9 Å². The second kappa shape index (κ2) is 53.0. The van der Waals surface area contributed by atoms with Crippen molar-refractivity contribution in [2.45, 2.75) is 335 Å². The Morgan fingerprint density at radius 2 is 0.429 bits per heavy atom. The lowest BCUT2D eigenvalue weighted by Crippen LogP contribution is -2.30. The van der Waals surface area contributed by atoms with Crippen LogP contribution < -0.4 is 0 Å². The summed E-state index contributed by atoms with van der Waals surface area (Å²) in [7, 11) is 0. The minimum absolute atomic E-state index is 0.0636. The monoisotopic (exact) mass is 891 g/mol. The van der Waals surface area contributed by atoms with Crippen molar-refractivity contribution in [2.75, 3.05) is 13.2 Å². The number of hydrogen-bond acceptors (Lipinski definition) is 6. The summed E-state index contributed by atoms with van der Waals surface area (Å²) in [6.45, 7) is 6.59. The Morgan fingerprint density at radius 3 is 0.635 bits per heavy atom. The van der Waals surface area contributed by atoms with E-state index in [0.717, 1.165) is 57.8 Å². The van der Waals surface area contributed by atoms with Crippen molar-refractivity contribution in [3.63, 3.8) is 0 Å². The highest BCUT2D eigenvalue weighted by Gasteiger charge is 2.19. The zero-order chi connectivity index (χ0) is 45.8. The summed E-state index contributed by atoms with van der Waals surface area (Å²) in [5.41, 5.74) is 0. The average Bonchev–Trinajstić information content (AvgIpc) is 3.28. The average molecular weight is 892 g/mol. The summed E-state index contributed by atoms with van der Waals surface area (Å²) in [5, 5.41) is 0. The van der Waals surface area contributed by atoms with Crippen LogP contribution in [0.2, 0.25) is 0 Å². The number of esters is 3. The van der Waals surface area contributed by atoms with Crippen LogP contribution in [-0.4, -0.2) is 37.2 Å². The number of carbonyl (C=O) groups is 3. The van der Waals surface area contributed by atoms with Crippen molar-refractivity contribution in [3.05, 3.63) is 0 Å². The highest BCUT2D eigenvalue weighted by atomic mass is 16.6. The second-order valence-electron chi connectivity index (χ2n) is 19.6. The van der Waals surface area contributed by atoms with E-state index in [9.17, 15) is 14.4 Å². The van der Waals surface area contributed by atoms with Gasteiger partial charge < -0.3 is 14.2 Å². The Morgan fingerprint density at radius 1 is 0.254 bits per heavy atom. The van der Waals surface area contributed by atoms with Crippen LogP contribution >= 0.6 is 0 Å². The van der Waals surface area contributed by atoms with Crippen LogP contribution in [0.25, 0.3) is 0 Å². The van der Waals surface area contributed by atoms with Gasteiger partial charge in [-0.15, -0.1) is 0 Å². The van der Waals surface area contributed by atoms with E-state index in [1.165, 1.54) is 231 Å². The Kier molecular flexibility index (Phi) is 51.7. The number of unbranched alkanes of at least 4 members (excludes halogenated alkanes) is 42. The summed E-state index contributed by atoms with van der Waals surface area (Å²) < 4.78 is 16.7. The fourth-order valence-electron chi connectivity index (χ4n) is 8.80. The van der Waals surface area contributed by atoms with Crippen LogP contribution in [0.5, 0.6) is 0 Å². The van der Waals surface area contributed by atoms with Crippen LogP contribution in [0.1, 0.15) is 329 Å². The van der Waals surface area contributed by atoms with Crippen molar-refractivity contribution < 1.29 is 28.6 Å². The van der Waals surface area contributed by atoms with Gasteiger partial charge in [0.15, 0.2) is 6.10 Å². The van der Waals surface area contributed by atoms with Gasteiger partial charge in [0.2, 0.25) is 0 Å². The number of hydrogen-bond donors (Lipinski definition) is 0. The Hall–Kier alpha value is -1.59. The molecule has 1 atom stereocenters. The molecular formula is C57H110O6. The van der Waals surface area contributed by atoms with E-state index in [-0.39, 0.29) is 31.1 Å². The fourth-order valence-corrected chi connectivity index (χ4v) is 8.80. The Balaban J connectivity index is 3.79. The summed E-state index contributed by atoms with van der Waals surface area (Å²) in [6, 6.07) is 0. The molecule has 0 rings (SSSR count). The molecule has 0 heterocycles. The maximum absolute atomic E-state index is 12.6. The van der Waals surface area contributed by atoms with E-state index < -0.39 is 6.10 Å². The third-order valence-electron chi connectivity index (χ3n) is 13.1. The molecule has 0 aromatic carbocycles. The molecular weight excluding hydrogens is 781 g/mol. The van der Waals surface area contributed by atoms with Gasteiger partial charge in [-0.25, -0.2) is 0 Å². The van der Waals surface area contributed by atoms with Crippen LogP contribution in [0.3, 0.4) is 0 Å². The van der Waals surface area contributed by atoms with Crippen LogP contribution in [0.4, 0.5) is 0 Å². The van der Waals surface area contributed by atoms with Crippen molar-refractivity contribution in [2.24, 2.45) is 0 Å². The predicted octanol–water partition coefficient (Wildman–Crippen LogP) is 18.8. The van der Waals surface area contributed by atoms with Gasteiger partial charge in [-0.05, 0) is 19.3 Å². The molecule has 0 aliphatic carbocycles. The molecule has 6 nitrogen and oxygen atoms in total. The first-order chi connectivity index (χ1) is 31.0. The first-order valence-corrected chi connectivity index (χ1v) is 28.5. The molecule has 0 saturated heterocycles. The van der Waals surface area contributed by atoms with E-state index in [0.29, 0.717) is 19.3 Å². The second-order valence-corrected chi connectivity index (χ2v) is 19.6. The number of carbonyl (C=O) groups excluding carboxylic acids is 3. The van der Waals surface area contributed by atoms with Crippen molar-refractivity contribution in [1.29, 1.82) is 0 Å². The number of ether oxygens (including phenoxy) is 3. The summed E-state index contributed by atoms with van der Waals surface area (Å²) in [4.78, 5) is 37.6. The van der Waals surface area contributed by atoms with Gasteiger partial charge in [0.25, 0.3) is 0 Å². The van der Waals surface area contributed by atoms with Gasteiger partial charge in [-0.1, -0.05) is 290 Å². The van der Waals surface area contributed by atoms with E-state index in [1.807, 2.05) is 0 Å².